The molecule has 2 aromatic rings. The van der Waals surface area contributed by atoms with E-state index in [1.807, 2.05) is 31.2 Å². The van der Waals surface area contributed by atoms with Crippen molar-refractivity contribution in [2.24, 2.45) is 0 Å². The number of methoxy groups -OCH3 is 1. The summed E-state index contributed by atoms with van der Waals surface area (Å²) in [6, 6.07) is 7.79. The van der Waals surface area contributed by atoms with Crippen molar-refractivity contribution in [2.75, 3.05) is 38.2 Å². The van der Waals surface area contributed by atoms with Crippen molar-refractivity contribution in [2.45, 2.75) is 18.2 Å². The Hall–Kier alpha value is -2.06. The molecule has 0 spiro atoms. The van der Waals surface area contributed by atoms with E-state index in [-0.39, 0.29) is 4.90 Å². The first-order valence-electron chi connectivity index (χ1n) is 7.98. The lowest BCUT2D eigenvalue weighted by Crippen LogP contribution is -2.48. The molecule has 2 heterocycles. The number of nitrogens with zero attached hydrogens (tertiary/aromatic N) is 3. The van der Waals surface area contributed by atoms with Crippen LogP contribution in [0.5, 0.6) is 5.75 Å². The maximum atomic E-state index is 12.8. The molecule has 1 aliphatic heterocycles. The van der Waals surface area contributed by atoms with Crippen LogP contribution in [-0.2, 0) is 16.4 Å². The van der Waals surface area contributed by atoms with Gasteiger partial charge < -0.3 is 9.64 Å². The fraction of sp³-hybridized carbons (Fsp3) is 0.438. The number of sulfonamides is 1. The molecule has 3 rings (SSSR count). The Bertz CT molecular complexity index is 795. The molecular weight excluding hydrogens is 328 g/mol. The Kier molecular flexibility index (Phi) is 4.77. The molecule has 1 N–H and O–H groups in total. The van der Waals surface area contributed by atoms with Gasteiger partial charge in [0.05, 0.1) is 24.7 Å². The smallest absolute Gasteiger partial charge is 0.246 e. The molecule has 24 heavy (non-hydrogen) atoms. The highest BCUT2D eigenvalue weighted by molar-refractivity contribution is 7.89. The van der Waals surface area contributed by atoms with Crippen LogP contribution >= 0.6 is 0 Å². The highest BCUT2D eigenvalue weighted by Crippen LogP contribution is 2.29. The molecule has 1 fully saturated rings. The SMILES string of the molecule is CCc1[nH]ncc1S(=O)(=O)N1CCN(c2ccccc2OC)CC1. The number of aromatic nitrogens is 2. The lowest BCUT2D eigenvalue weighted by molar-refractivity contribution is 0.378. The zero-order valence-electron chi connectivity index (χ0n) is 13.9. The monoisotopic (exact) mass is 350 g/mol. The van der Waals surface area contributed by atoms with E-state index >= 15 is 0 Å². The molecule has 0 bridgehead atoms. The minimum Gasteiger partial charge on any atom is -0.495 e. The number of hydrogen-bond donors (Lipinski definition) is 1. The van der Waals surface area contributed by atoms with Crippen LogP contribution in [0.15, 0.2) is 35.4 Å². The molecule has 1 aliphatic rings. The topological polar surface area (TPSA) is 78.5 Å². The summed E-state index contributed by atoms with van der Waals surface area (Å²) in [5, 5.41) is 6.65. The van der Waals surface area contributed by atoms with Crippen LogP contribution in [0.25, 0.3) is 0 Å². The van der Waals surface area contributed by atoms with E-state index in [0.29, 0.717) is 38.3 Å². The summed E-state index contributed by atoms with van der Waals surface area (Å²) < 4.78 is 32.6. The average molecular weight is 350 g/mol. The fourth-order valence-corrected chi connectivity index (χ4v) is 4.59. The van der Waals surface area contributed by atoms with Gasteiger partial charge in [-0.25, -0.2) is 8.42 Å². The van der Waals surface area contributed by atoms with E-state index in [1.54, 1.807) is 7.11 Å². The summed E-state index contributed by atoms with van der Waals surface area (Å²) in [6.07, 6.45) is 2.01. The first kappa shape index (κ1) is 16.8. The van der Waals surface area contributed by atoms with Crippen molar-refractivity contribution in [3.63, 3.8) is 0 Å². The van der Waals surface area contributed by atoms with Crippen molar-refractivity contribution < 1.29 is 13.2 Å². The minimum absolute atomic E-state index is 0.288. The van der Waals surface area contributed by atoms with Crippen molar-refractivity contribution >= 4 is 15.7 Å². The molecule has 1 saturated heterocycles. The zero-order chi connectivity index (χ0) is 17.2. The molecule has 0 amide bonds. The normalized spacial score (nSPS) is 16.3. The van der Waals surface area contributed by atoms with Gasteiger partial charge in [0.25, 0.3) is 0 Å². The molecule has 0 aliphatic carbocycles. The third-order valence-electron chi connectivity index (χ3n) is 4.31. The minimum atomic E-state index is -3.50. The summed E-state index contributed by atoms with van der Waals surface area (Å²) in [6.45, 7) is 4.04. The predicted molar refractivity (Wildman–Crippen MR) is 91.9 cm³/mol. The van der Waals surface area contributed by atoms with Gasteiger partial charge in [-0.05, 0) is 18.6 Å². The Balaban J connectivity index is 1.75. The number of piperazine rings is 1. The Morgan fingerprint density at radius 3 is 2.58 bits per heavy atom. The van der Waals surface area contributed by atoms with E-state index in [9.17, 15) is 8.42 Å². The third kappa shape index (κ3) is 2.99. The predicted octanol–water partition coefficient (Wildman–Crippen LogP) is 1.49. The summed E-state index contributed by atoms with van der Waals surface area (Å²) in [7, 11) is -1.86. The molecule has 0 atom stereocenters. The Morgan fingerprint density at radius 2 is 1.92 bits per heavy atom. The van der Waals surface area contributed by atoms with Crippen LogP contribution in [-0.4, -0.2) is 56.2 Å². The largest absolute Gasteiger partial charge is 0.495 e. The highest BCUT2D eigenvalue weighted by Gasteiger charge is 2.31. The molecule has 7 nitrogen and oxygen atoms in total. The molecule has 8 heteroatoms. The second kappa shape index (κ2) is 6.82. The first-order chi connectivity index (χ1) is 11.6. The quantitative estimate of drug-likeness (QED) is 0.884. The molecule has 1 aromatic carbocycles. The average Bonchev–Trinajstić information content (AvgIpc) is 3.11. The van der Waals surface area contributed by atoms with E-state index < -0.39 is 10.0 Å². The van der Waals surface area contributed by atoms with Gasteiger partial charge in [-0.15, -0.1) is 0 Å². The maximum absolute atomic E-state index is 12.8. The van der Waals surface area contributed by atoms with Gasteiger partial charge in [-0.2, -0.15) is 9.40 Å². The number of rotatable bonds is 5. The third-order valence-corrected chi connectivity index (χ3v) is 6.27. The van der Waals surface area contributed by atoms with E-state index in [4.69, 9.17) is 4.74 Å². The van der Waals surface area contributed by atoms with Gasteiger partial charge in [0.15, 0.2) is 0 Å². The number of anilines is 1. The lowest BCUT2D eigenvalue weighted by Gasteiger charge is -2.35. The molecule has 1 aromatic heterocycles. The zero-order valence-corrected chi connectivity index (χ0v) is 14.7. The van der Waals surface area contributed by atoms with Gasteiger partial charge in [0.2, 0.25) is 10.0 Å². The van der Waals surface area contributed by atoms with Crippen LogP contribution in [0.2, 0.25) is 0 Å². The van der Waals surface area contributed by atoms with Gasteiger partial charge in [-0.1, -0.05) is 19.1 Å². The van der Waals surface area contributed by atoms with Crippen molar-refractivity contribution in [1.29, 1.82) is 0 Å². The molecule has 0 saturated carbocycles. The number of H-pyrrole nitrogens is 1. The fourth-order valence-electron chi connectivity index (χ4n) is 2.98. The summed E-state index contributed by atoms with van der Waals surface area (Å²) >= 11 is 0. The molecule has 130 valence electrons. The Labute approximate surface area is 142 Å². The number of benzene rings is 1. The van der Waals surface area contributed by atoms with Crippen molar-refractivity contribution in [1.82, 2.24) is 14.5 Å². The molecule has 0 radical (unpaired) electrons. The number of para-hydroxylation sites is 2. The van der Waals surface area contributed by atoms with Crippen molar-refractivity contribution in [3.8, 4) is 5.75 Å². The number of hydrogen-bond acceptors (Lipinski definition) is 5. The Morgan fingerprint density at radius 1 is 1.21 bits per heavy atom. The van der Waals surface area contributed by atoms with Gasteiger partial charge in [-0.3, -0.25) is 5.10 Å². The van der Waals surface area contributed by atoms with Gasteiger partial charge in [0, 0.05) is 26.2 Å². The second-order valence-corrected chi connectivity index (χ2v) is 7.54. The van der Waals surface area contributed by atoms with Crippen LogP contribution in [0.3, 0.4) is 0 Å². The van der Waals surface area contributed by atoms with E-state index in [0.717, 1.165) is 11.4 Å². The summed E-state index contributed by atoms with van der Waals surface area (Å²) in [5.74, 6) is 0.803. The van der Waals surface area contributed by atoms with Crippen molar-refractivity contribution in [3.05, 3.63) is 36.2 Å². The molecule has 0 unspecified atom stereocenters. The number of ether oxygens (including phenoxy) is 1. The summed E-state index contributed by atoms with van der Waals surface area (Å²) in [5.41, 5.74) is 1.65. The lowest BCUT2D eigenvalue weighted by atomic mass is 10.2. The van der Waals surface area contributed by atoms with E-state index in [2.05, 4.69) is 15.1 Å². The highest BCUT2D eigenvalue weighted by atomic mass is 32.2. The molecular formula is C16H22N4O3S. The van der Waals surface area contributed by atoms with E-state index in [1.165, 1.54) is 10.5 Å². The number of nitrogens with one attached hydrogen (secondary N) is 1. The van der Waals surface area contributed by atoms with Gasteiger partial charge in [0.1, 0.15) is 10.6 Å². The van der Waals surface area contributed by atoms with Gasteiger partial charge >= 0.3 is 0 Å². The standard InChI is InChI=1S/C16H22N4O3S/c1-3-13-16(12-17-18-13)24(21,22)20-10-8-19(9-11-20)14-6-4-5-7-15(14)23-2/h4-7,12H,3,8-11H2,1-2H3,(H,17,18). The maximum Gasteiger partial charge on any atom is 0.246 e. The van der Waals surface area contributed by atoms with Crippen LogP contribution in [0, 0.1) is 0 Å². The van der Waals surface area contributed by atoms with Crippen LogP contribution in [0.4, 0.5) is 5.69 Å². The first-order valence-corrected chi connectivity index (χ1v) is 9.42. The second-order valence-electron chi connectivity index (χ2n) is 5.63. The van der Waals surface area contributed by atoms with Crippen LogP contribution < -0.4 is 9.64 Å². The number of aromatic amines is 1. The summed E-state index contributed by atoms with van der Waals surface area (Å²) in [4.78, 5) is 2.44. The number of aryl methyl sites for hydroxylation is 1. The van der Waals surface area contributed by atoms with Crippen LogP contribution in [0.1, 0.15) is 12.6 Å².